The van der Waals surface area contributed by atoms with Crippen LogP contribution in [0.5, 0.6) is 0 Å². The maximum atomic E-state index is 12.7. The van der Waals surface area contributed by atoms with Gasteiger partial charge in [-0.05, 0) is 32.9 Å². The molecule has 0 spiro atoms. The predicted octanol–water partition coefficient (Wildman–Crippen LogP) is -0.114. The first-order chi connectivity index (χ1) is 14.0. The summed E-state index contributed by atoms with van der Waals surface area (Å²) in [4.78, 5) is 18.0. The summed E-state index contributed by atoms with van der Waals surface area (Å²) < 4.78 is 59.0. The van der Waals surface area contributed by atoms with Crippen LogP contribution in [0.25, 0.3) is 0 Å². The second-order valence-corrected chi connectivity index (χ2v) is 10.5. The van der Waals surface area contributed by atoms with E-state index in [1.54, 1.807) is 6.07 Å². The Hall–Kier alpha value is -2.35. The molecule has 1 saturated heterocycles. The van der Waals surface area contributed by atoms with E-state index in [-0.39, 0.29) is 47.4 Å². The van der Waals surface area contributed by atoms with Crippen molar-refractivity contribution in [1.82, 2.24) is 24.1 Å². The molecular weight excluding hydrogens is 434 g/mol. The first-order valence-corrected chi connectivity index (χ1v) is 12.1. The van der Waals surface area contributed by atoms with Gasteiger partial charge in [-0.1, -0.05) is 5.16 Å². The Balaban J connectivity index is 1.64. The fourth-order valence-electron chi connectivity index (χ4n) is 3.27. The van der Waals surface area contributed by atoms with Crippen LogP contribution >= 0.6 is 0 Å². The van der Waals surface area contributed by atoms with Crippen molar-refractivity contribution < 1.29 is 26.2 Å². The quantitative estimate of drug-likeness (QED) is 0.633. The summed E-state index contributed by atoms with van der Waals surface area (Å²) in [6.07, 6.45) is 2.76. The van der Waals surface area contributed by atoms with Crippen LogP contribution in [0.1, 0.15) is 18.4 Å². The Kier molecular flexibility index (Phi) is 6.26. The van der Waals surface area contributed by atoms with Gasteiger partial charge in [0.25, 0.3) is 0 Å². The van der Waals surface area contributed by atoms with Gasteiger partial charge in [0.1, 0.15) is 15.5 Å². The van der Waals surface area contributed by atoms with E-state index in [0.29, 0.717) is 0 Å². The maximum Gasteiger partial charge on any atom is 0.246 e. The molecule has 3 heterocycles. The number of nitrogens with one attached hydrogen (secondary N) is 1. The van der Waals surface area contributed by atoms with Gasteiger partial charge in [-0.25, -0.2) is 16.8 Å². The molecule has 1 aliphatic rings. The van der Waals surface area contributed by atoms with Gasteiger partial charge in [-0.15, -0.1) is 0 Å². The van der Waals surface area contributed by atoms with Crippen LogP contribution in [0.2, 0.25) is 0 Å². The van der Waals surface area contributed by atoms with E-state index < -0.39 is 32.0 Å². The van der Waals surface area contributed by atoms with Gasteiger partial charge >= 0.3 is 0 Å². The molecule has 3 rings (SSSR count). The summed E-state index contributed by atoms with van der Waals surface area (Å²) in [6, 6.07) is 1.97. The monoisotopic (exact) mass is 457 g/mol. The lowest BCUT2D eigenvalue weighted by Crippen LogP contribution is -2.55. The molecule has 1 atom stereocenters. The van der Waals surface area contributed by atoms with Gasteiger partial charge in [-0.3, -0.25) is 9.78 Å². The molecule has 1 amide bonds. The number of rotatable bonds is 6. The lowest BCUT2D eigenvalue weighted by Gasteiger charge is -2.35. The number of piperazine rings is 1. The van der Waals surface area contributed by atoms with Gasteiger partial charge < -0.3 is 9.42 Å². The highest BCUT2D eigenvalue weighted by Gasteiger charge is 2.34. The van der Waals surface area contributed by atoms with Crippen molar-refractivity contribution >= 4 is 26.0 Å². The number of hydrogen-bond acceptors (Lipinski definition) is 8. The van der Waals surface area contributed by atoms with E-state index in [9.17, 15) is 21.6 Å². The molecule has 1 N–H and O–H groups in total. The number of amides is 1. The summed E-state index contributed by atoms with van der Waals surface area (Å²) in [5, 5.41) is 3.62. The third-order valence-electron chi connectivity index (χ3n) is 4.76. The van der Waals surface area contributed by atoms with Crippen molar-refractivity contribution in [3.05, 3.63) is 36.0 Å². The molecule has 13 heteroatoms. The Morgan fingerprint density at radius 2 is 1.83 bits per heavy atom. The Labute approximate surface area is 175 Å². The number of carbonyl (C=O) groups is 1. The fraction of sp³-hybridized carbons (Fsp3) is 0.471. The lowest BCUT2D eigenvalue weighted by molar-refractivity contribution is -0.133. The topological polar surface area (TPSA) is 143 Å². The zero-order valence-corrected chi connectivity index (χ0v) is 18.4. The molecule has 2 aromatic rings. The highest BCUT2D eigenvalue weighted by molar-refractivity contribution is 7.89. The molecule has 30 heavy (non-hydrogen) atoms. The first-order valence-electron chi connectivity index (χ1n) is 9.18. The van der Waals surface area contributed by atoms with Crippen LogP contribution in [-0.2, 0) is 24.8 Å². The van der Waals surface area contributed by atoms with E-state index in [1.807, 2.05) is 0 Å². The van der Waals surface area contributed by atoms with Crippen LogP contribution in [-0.4, -0.2) is 74.3 Å². The number of hydrogen-bond donors (Lipinski definition) is 1. The normalized spacial score (nSPS) is 17.1. The average Bonchev–Trinajstić information content (AvgIpc) is 3.06. The molecule has 164 valence electrons. The second kappa shape index (κ2) is 8.41. The maximum absolute atomic E-state index is 12.7. The fourth-order valence-corrected chi connectivity index (χ4v) is 6.18. The van der Waals surface area contributed by atoms with E-state index >= 15 is 0 Å². The number of carbonyl (C=O) groups excluding carboxylic acids is 1. The second-order valence-electron chi connectivity index (χ2n) is 6.91. The van der Waals surface area contributed by atoms with Crippen molar-refractivity contribution in [3.8, 4) is 0 Å². The average molecular weight is 458 g/mol. The zero-order chi connectivity index (χ0) is 22.1. The number of sulfonamides is 2. The van der Waals surface area contributed by atoms with Crippen LogP contribution in [0.4, 0.5) is 0 Å². The zero-order valence-electron chi connectivity index (χ0n) is 16.8. The van der Waals surface area contributed by atoms with Crippen molar-refractivity contribution in [1.29, 1.82) is 0 Å². The van der Waals surface area contributed by atoms with Crippen LogP contribution in [0.15, 0.2) is 38.8 Å². The lowest BCUT2D eigenvalue weighted by atomic mass is 10.2. The van der Waals surface area contributed by atoms with Crippen LogP contribution in [0, 0.1) is 13.8 Å². The molecule has 1 fully saturated rings. The Morgan fingerprint density at radius 3 is 2.37 bits per heavy atom. The van der Waals surface area contributed by atoms with Gasteiger partial charge in [0.05, 0.1) is 6.04 Å². The van der Waals surface area contributed by atoms with Crippen molar-refractivity contribution in [2.45, 2.75) is 36.6 Å². The largest absolute Gasteiger partial charge is 0.360 e. The van der Waals surface area contributed by atoms with Gasteiger partial charge in [-0.2, -0.15) is 9.03 Å². The minimum Gasteiger partial charge on any atom is -0.360 e. The summed E-state index contributed by atoms with van der Waals surface area (Å²) in [7, 11) is -7.69. The third kappa shape index (κ3) is 4.38. The summed E-state index contributed by atoms with van der Waals surface area (Å²) in [5.41, 5.74) is 0.203. The molecule has 0 radical (unpaired) electrons. The first kappa shape index (κ1) is 22.3. The standard InChI is InChI=1S/C17H23N5O6S2/c1-12-16(14(3)28-19-12)29(24,25)20-13(2)17(23)21-7-9-22(10-8-21)30(26,27)15-5-4-6-18-11-15/h4-6,11,13,20H,7-10H2,1-3H3/t13-/m0/s1. The molecule has 0 aliphatic carbocycles. The summed E-state index contributed by atoms with van der Waals surface area (Å²) >= 11 is 0. The predicted molar refractivity (Wildman–Crippen MR) is 105 cm³/mol. The Morgan fingerprint density at radius 1 is 1.17 bits per heavy atom. The van der Waals surface area contributed by atoms with Gasteiger partial charge in [0.2, 0.25) is 26.0 Å². The molecule has 2 aromatic heterocycles. The number of pyridine rings is 1. The molecule has 0 bridgehead atoms. The number of aryl methyl sites for hydroxylation is 2. The van der Waals surface area contributed by atoms with E-state index in [0.717, 1.165) is 0 Å². The van der Waals surface area contributed by atoms with Crippen LogP contribution < -0.4 is 4.72 Å². The van der Waals surface area contributed by atoms with E-state index in [2.05, 4.69) is 14.9 Å². The minimum atomic E-state index is -4.00. The molecule has 11 nitrogen and oxygen atoms in total. The van der Waals surface area contributed by atoms with E-state index in [4.69, 9.17) is 4.52 Å². The smallest absolute Gasteiger partial charge is 0.246 e. The van der Waals surface area contributed by atoms with Gasteiger partial charge in [0, 0.05) is 38.6 Å². The van der Waals surface area contributed by atoms with Crippen molar-refractivity contribution in [2.75, 3.05) is 26.2 Å². The molecule has 0 aromatic carbocycles. The summed E-state index contributed by atoms with van der Waals surface area (Å²) in [5.74, 6) is -0.308. The number of aromatic nitrogens is 2. The third-order valence-corrected chi connectivity index (χ3v) is 8.43. The SMILES string of the molecule is Cc1noc(C)c1S(=O)(=O)N[C@@H](C)C(=O)N1CCN(S(=O)(=O)c2cccnc2)CC1. The van der Waals surface area contributed by atoms with Crippen molar-refractivity contribution in [3.63, 3.8) is 0 Å². The number of nitrogens with zero attached hydrogens (tertiary/aromatic N) is 4. The molecule has 1 aliphatic heterocycles. The summed E-state index contributed by atoms with van der Waals surface area (Å²) in [6.45, 7) is 4.92. The van der Waals surface area contributed by atoms with Crippen LogP contribution in [0.3, 0.4) is 0 Å². The van der Waals surface area contributed by atoms with E-state index in [1.165, 1.54) is 48.4 Å². The molecular formula is C17H23N5O6S2. The molecule has 0 saturated carbocycles. The highest BCUT2D eigenvalue weighted by atomic mass is 32.2. The minimum absolute atomic E-state index is 0.0883. The molecule has 0 unspecified atom stereocenters. The van der Waals surface area contributed by atoms with Gasteiger partial charge in [0.15, 0.2) is 5.76 Å². The highest BCUT2D eigenvalue weighted by Crippen LogP contribution is 2.20. The van der Waals surface area contributed by atoms with Crippen molar-refractivity contribution in [2.24, 2.45) is 0 Å². The Bertz CT molecular complexity index is 1100.